The molecule has 0 aromatic heterocycles. The molecule has 0 spiro atoms. The van der Waals surface area contributed by atoms with Crippen LogP contribution in [0.5, 0.6) is 0 Å². The molecule has 14 nitrogen and oxygen atoms in total. The van der Waals surface area contributed by atoms with Crippen LogP contribution in [0.3, 0.4) is 0 Å². The first kappa shape index (κ1) is 48.0. The van der Waals surface area contributed by atoms with Gasteiger partial charge >= 0.3 is 18.2 Å². The standard InChI is InChI=1S/C45H65N5O9/c1-30(2)27-35(47-44(56)59-45(5,6)7)24-23-34(28-32-17-11-9-12-18-32)41(53)50-26-16-22-37(50)39(51)49-38(31(3)4)40(52)48-36(42(54)57-8)21-15-25-46-43(55)58-29-33-19-13-10-14-20-33/h9-14,17-20,23-24,30-31,34-38H,15-16,21-22,25-29H2,1-8H3,(H,46,55)(H,47,56)(H,48,52)(H,49,51)/b24-23+/t34-,35-,36+,37+,38-/m1/s1. The topological polar surface area (TPSA) is 181 Å². The molecule has 1 aliphatic rings. The molecule has 0 aliphatic carbocycles. The van der Waals surface area contributed by atoms with Gasteiger partial charge in [-0.25, -0.2) is 14.4 Å². The molecule has 2 aromatic rings. The highest BCUT2D eigenvalue weighted by Crippen LogP contribution is 2.24. The molecule has 324 valence electrons. The third kappa shape index (κ3) is 17.2. The number of nitrogens with one attached hydrogen (secondary N) is 4. The molecule has 5 amide bonds. The summed E-state index contributed by atoms with van der Waals surface area (Å²) < 4.78 is 15.7. The Labute approximate surface area is 349 Å². The summed E-state index contributed by atoms with van der Waals surface area (Å²) in [6, 6.07) is 15.6. The zero-order chi connectivity index (χ0) is 43.5. The number of rotatable bonds is 20. The number of hydrogen-bond donors (Lipinski definition) is 4. The minimum Gasteiger partial charge on any atom is -0.467 e. The zero-order valence-electron chi connectivity index (χ0n) is 36.0. The second-order valence-electron chi connectivity index (χ2n) is 16.7. The fraction of sp³-hybridized carbons (Fsp3) is 0.556. The van der Waals surface area contributed by atoms with Crippen LogP contribution in [0.2, 0.25) is 0 Å². The van der Waals surface area contributed by atoms with E-state index in [1.165, 1.54) is 7.11 Å². The lowest BCUT2D eigenvalue weighted by atomic mass is 9.94. The van der Waals surface area contributed by atoms with Crippen LogP contribution in [-0.2, 0) is 46.4 Å². The van der Waals surface area contributed by atoms with Crippen molar-refractivity contribution in [1.82, 2.24) is 26.2 Å². The minimum absolute atomic E-state index is 0.113. The van der Waals surface area contributed by atoms with E-state index in [1.54, 1.807) is 39.5 Å². The van der Waals surface area contributed by atoms with Gasteiger partial charge in [0.25, 0.3) is 0 Å². The summed E-state index contributed by atoms with van der Waals surface area (Å²) in [5.74, 6) is -2.73. The van der Waals surface area contributed by atoms with Crippen molar-refractivity contribution >= 4 is 35.9 Å². The molecule has 1 heterocycles. The second kappa shape index (κ2) is 23.9. The quantitative estimate of drug-likeness (QED) is 0.0553. The van der Waals surface area contributed by atoms with E-state index in [1.807, 2.05) is 86.7 Å². The van der Waals surface area contributed by atoms with E-state index in [0.717, 1.165) is 11.1 Å². The van der Waals surface area contributed by atoms with Crippen molar-refractivity contribution in [2.75, 3.05) is 20.2 Å². The van der Waals surface area contributed by atoms with Gasteiger partial charge in [0.2, 0.25) is 17.7 Å². The van der Waals surface area contributed by atoms with Gasteiger partial charge in [-0.15, -0.1) is 0 Å². The van der Waals surface area contributed by atoms with Crippen LogP contribution >= 0.6 is 0 Å². The second-order valence-corrected chi connectivity index (χ2v) is 16.7. The van der Waals surface area contributed by atoms with Gasteiger partial charge in [-0.1, -0.05) is 101 Å². The molecule has 0 unspecified atom stereocenters. The number of nitrogens with zero attached hydrogens (tertiary/aromatic N) is 1. The SMILES string of the molecule is COC(=O)[C@H](CCCNC(=O)OCc1ccccc1)NC(=O)[C@H](NC(=O)[C@@H]1CCCN1C(=O)[C@H](/C=C/[C@H](CC(C)C)NC(=O)OC(C)(C)C)Cc1ccccc1)C(C)C. The van der Waals surface area contributed by atoms with Gasteiger partial charge in [-0.05, 0) is 82.3 Å². The van der Waals surface area contributed by atoms with Gasteiger partial charge in [-0.3, -0.25) is 14.4 Å². The summed E-state index contributed by atoms with van der Waals surface area (Å²) in [7, 11) is 1.22. The molecule has 1 saturated heterocycles. The Kier molecular flexibility index (Phi) is 19.4. The largest absolute Gasteiger partial charge is 0.467 e. The summed E-state index contributed by atoms with van der Waals surface area (Å²) in [5, 5.41) is 11.2. The van der Waals surface area contributed by atoms with Gasteiger partial charge in [0.05, 0.1) is 19.1 Å². The first-order valence-corrected chi connectivity index (χ1v) is 20.6. The molecular formula is C45H65N5O9. The number of hydrogen-bond acceptors (Lipinski definition) is 9. The number of amides is 5. The maximum Gasteiger partial charge on any atom is 0.408 e. The average Bonchev–Trinajstić information content (AvgIpc) is 3.68. The predicted molar refractivity (Wildman–Crippen MR) is 225 cm³/mol. The number of benzene rings is 2. The maximum atomic E-state index is 14.4. The van der Waals surface area contributed by atoms with Gasteiger partial charge in [0, 0.05) is 13.1 Å². The number of carbonyl (C=O) groups excluding carboxylic acids is 6. The molecule has 14 heteroatoms. The van der Waals surface area contributed by atoms with Crippen LogP contribution in [0, 0.1) is 17.8 Å². The molecular weight excluding hydrogens is 755 g/mol. The smallest absolute Gasteiger partial charge is 0.408 e. The molecule has 1 fully saturated rings. The number of esters is 1. The molecule has 4 N–H and O–H groups in total. The van der Waals surface area contributed by atoms with Crippen molar-refractivity contribution in [3.8, 4) is 0 Å². The molecule has 0 radical (unpaired) electrons. The molecule has 0 saturated carbocycles. The zero-order valence-corrected chi connectivity index (χ0v) is 36.0. The first-order chi connectivity index (χ1) is 28.0. The van der Waals surface area contributed by atoms with Crippen LogP contribution in [0.15, 0.2) is 72.8 Å². The summed E-state index contributed by atoms with van der Waals surface area (Å²) >= 11 is 0. The van der Waals surface area contributed by atoms with Crippen molar-refractivity contribution in [2.24, 2.45) is 17.8 Å². The van der Waals surface area contributed by atoms with E-state index in [0.29, 0.717) is 38.6 Å². The summed E-state index contributed by atoms with van der Waals surface area (Å²) in [6.45, 7) is 13.7. The van der Waals surface area contributed by atoms with Crippen LogP contribution in [0.1, 0.15) is 91.7 Å². The third-order valence-electron chi connectivity index (χ3n) is 9.66. The Bertz CT molecular complexity index is 1690. The van der Waals surface area contributed by atoms with E-state index >= 15 is 0 Å². The number of ether oxygens (including phenoxy) is 3. The summed E-state index contributed by atoms with van der Waals surface area (Å²) in [4.78, 5) is 81.2. The monoisotopic (exact) mass is 819 g/mol. The Morgan fingerprint density at radius 3 is 2.08 bits per heavy atom. The van der Waals surface area contributed by atoms with E-state index in [9.17, 15) is 28.8 Å². The number of likely N-dealkylation sites (tertiary alicyclic amines) is 1. The molecule has 59 heavy (non-hydrogen) atoms. The van der Waals surface area contributed by atoms with Gasteiger partial charge < -0.3 is 40.4 Å². The number of carbonyl (C=O) groups is 6. The first-order valence-electron chi connectivity index (χ1n) is 20.6. The van der Waals surface area contributed by atoms with Crippen molar-refractivity contribution < 1.29 is 43.0 Å². The van der Waals surface area contributed by atoms with Crippen LogP contribution < -0.4 is 21.3 Å². The van der Waals surface area contributed by atoms with Crippen molar-refractivity contribution in [3.05, 3.63) is 83.9 Å². The van der Waals surface area contributed by atoms with E-state index in [2.05, 4.69) is 21.3 Å². The lowest BCUT2D eigenvalue weighted by Gasteiger charge is -2.30. The predicted octanol–water partition coefficient (Wildman–Crippen LogP) is 5.84. The normalized spacial score (nSPS) is 16.2. The van der Waals surface area contributed by atoms with Gasteiger partial charge in [0.1, 0.15) is 30.3 Å². The summed E-state index contributed by atoms with van der Waals surface area (Å²) in [5.41, 5.74) is 1.11. The van der Waals surface area contributed by atoms with Crippen molar-refractivity contribution in [1.29, 1.82) is 0 Å². The maximum absolute atomic E-state index is 14.4. The molecule has 0 bridgehead atoms. The Balaban J connectivity index is 1.69. The highest BCUT2D eigenvalue weighted by atomic mass is 16.6. The van der Waals surface area contributed by atoms with E-state index in [-0.39, 0.29) is 37.3 Å². The Morgan fingerprint density at radius 2 is 1.49 bits per heavy atom. The van der Waals surface area contributed by atoms with E-state index < -0.39 is 65.7 Å². The lowest BCUT2D eigenvalue weighted by Crippen LogP contribution is -2.57. The van der Waals surface area contributed by atoms with Gasteiger partial charge in [0.15, 0.2) is 0 Å². The van der Waals surface area contributed by atoms with Crippen molar-refractivity contribution in [2.45, 2.75) is 123 Å². The lowest BCUT2D eigenvalue weighted by molar-refractivity contribution is -0.146. The fourth-order valence-electron chi connectivity index (χ4n) is 6.75. The highest BCUT2D eigenvalue weighted by Gasteiger charge is 2.39. The van der Waals surface area contributed by atoms with Crippen LogP contribution in [-0.4, -0.2) is 90.7 Å². The average molecular weight is 820 g/mol. The fourth-order valence-corrected chi connectivity index (χ4v) is 6.75. The van der Waals surface area contributed by atoms with Crippen LogP contribution in [0.25, 0.3) is 0 Å². The molecule has 2 aromatic carbocycles. The highest BCUT2D eigenvalue weighted by molar-refractivity contribution is 5.94. The Morgan fingerprint density at radius 1 is 0.847 bits per heavy atom. The number of alkyl carbamates (subject to hydrolysis) is 2. The van der Waals surface area contributed by atoms with E-state index in [4.69, 9.17) is 14.2 Å². The Hall–Kier alpha value is -5.40. The molecule has 1 aliphatic heterocycles. The third-order valence-corrected chi connectivity index (χ3v) is 9.66. The molecule has 3 rings (SSSR count). The van der Waals surface area contributed by atoms with Crippen molar-refractivity contribution in [3.63, 3.8) is 0 Å². The minimum atomic E-state index is -1.03. The summed E-state index contributed by atoms with van der Waals surface area (Å²) in [6.07, 6.45) is 4.97. The molecule has 5 atom stereocenters. The number of methoxy groups -OCH3 is 1. The van der Waals surface area contributed by atoms with Crippen LogP contribution in [0.4, 0.5) is 9.59 Å². The van der Waals surface area contributed by atoms with Gasteiger partial charge in [-0.2, -0.15) is 0 Å².